The largest absolute Gasteiger partial charge is 0.376 e. The number of amides is 3. The molecule has 2 N–H and O–H groups in total. The van der Waals surface area contributed by atoms with Gasteiger partial charge in [0, 0.05) is 31.8 Å². The molecule has 0 spiro atoms. The Balaban J connectivity index is 1.70. The van der Waals surface area contributed by atoms with Gasteiger partial charge in [-0.15, -0.1) is 0 Å². The third-order valence-corrected chi connectivity index (χ3v) is 5.63. The first-order chi connectivity index (χ1) is 13.3. The molecule has 2 atom stereocenters. The minimum Gasteiger partial charge on any atom is -0.376 e. The van der Waals surface area contributed by atoms with Crippen LogP contribution in [0.1, 0.15) is 64.2 Å². The van der Waals surface area contributed by atoms with Crippen molar-refractivity contribution in [3.8, 4) is 0 Å². The molecule has 2 aliphatic rings. The Morgan fingerprint density at radius 2 is 2.00 bits per heavy atom. The topological polar surface area (TPSA) is 92.9 Å². The highest BCUT2D eigenvalue weighted by Gasteiger charge is 2.38. The lowest BCUT2D eigenvalue weighted by molar-refractivity contribution is 0.0475. The van der Waals surface area contributed by atoms with E-state index < -0.39 is 0 Å². The summed E-state index contributed by atoms with van der Waals surface area (Å²) in [4.78, 5) is 40.9. The van der Waals surface area contributed by atoms with Crippen LogP contribution in [-0.4, -0.2) is 66.4 Å². The fourth-order valence-electron chi connectivity index (χ4n) is 3.58. The maximum atomic E-state index is 12.7. The van der Waals surface area contributed by atoms with Gasteiger partial charge in [-0.1, -0.05) is 13.8 Å². The van der Waals surface area contributed by atoms with Gasteiger partial charge in [0.1, 0.15) is 0 Å². The van der Waals surface area contributed by atoms with Crippen LogP contribution >= 0.6 is 0 Å². The predicted molar refractivity (Wildman–Crippen MR) is 105 cm³/mol. The Labute approximate surface area is 165 Å². The van der Waals surface area contributed by atoms with Crippen molar-refractivity contribution in [2.45, 2.75) is 45.3 Å². The minimum absolute atomic E-state index is 0.0286. The van der Waals surface area contributed by atoms with Gasteiger partial charge >= 0.3 is 0 Å². The zero-order chi connectivity index (χ0) is 20.4. The summed E-state index contributed by atoms with van der Waals surface area (Å²) in [7, 11) is 1.72. The summed E-state index contributed by atoms with van der Waals surface area (Å²) in [5.74, 6) is -0.501. The molecule has 2 heterocycles. The summed E-state index contributed by atoms with van der Waals surface area (Å²) in [6, 6.07) is 4.75. The summed E-state index contributed by atoms with van der Waals surface area (Å²) < 4.78 is 5.55. The molecule has 7 heteroatoms. The van der Waals surface area contributed by atoms with Gasteiger partial charge in [-0.25, -0.2) is 0 Å². The summed E-state index contributed by atoms with van der Waals surface area (Å²) in [5.41, 5.74) is 7.10. The van der Waals surface area contributed by atoms with Crippen molar-refractivity contribution in [2.75, 3.05) is 26.7 Å². The monoisotopic (exact) mass is 387 g/mol. The van der Waals surface area contributed by atoms with Crippen LogP contribution in [0, 0.1) is 5.92 Å². The molecule has 0 radical (unpaired) electrons. The van der Waals surface area contributed by atoms with E-state index in [4.69, 9.17) is 10.5 Å². The van der Waals surface area contributed by atoms with Crippen LogP contribution in [-0.2, 0) is 4.74 Å². The van der Waals surface area contributed by atoms with Crippen LogP contribution < -0.4 is 5.73 Å². The molecule has 1 aromatic carbocycles. The number of imide groups is 1. The lowest BCUT2D eigenvalue weighted by atomic mass is 10.0. The second kappa shape index (κ2) is 8.41. The second-order valence-electron chi connectivity index (χ2n) is 8.04. The number of hydrogen-bond acceptors (Lipinski definition) is 5. The maximum Gasteiger partial charge on any atom is 0.261 e. The molecule has 0 aliphatic carbocycles. The fourth-order valence-corrected chi connectivity index (χ4v) is 3.58. The predicted octanol–water partition coefficient (Wildman–Crippen LogP) is 1.91. The van der Waals surface area contributed by atoms with Crippen LogP contribution in [0.3, 0.4) is 0 Å². The van der Waals surface area contributed by atoms with E-state index in [-0.39, 0.29) is 36.4 Å². The van der Waals surface area contributed by atoms with E-state index in [1.807, 2.05) is 0 Å². The summed E-state index contributed by atoms with van der Waals surface area (Å²) in [6.07, 6.45) is 2.40. The SMILES string of the molecule is CC(C)C(N)CCN(C)C(=O)c1ccc2c(c1)C(=O)N(CC1CCCO1)C2=O. The molecule has 2 unspecified atom stereocenters. The first-order valence-electron chi connectivity index (χ1n) is 9.92. The molecule has 0 aromatic heterocycles. The maximum absolute atomic E-state index is 12.7. The number of ether oxygens (including phenoxy) is 1. The van der Waals surface area contributed by atoms with Gasteiger partial charge in [0.05, 0.1) is 23.8 Å². The average molecular weight is 387 g/mol. The number of carbonyl (C=O) groups excluding carboxylic acids is 3. The number of benzene rings is 1. The third kappa shape index (κ3) is 4.10. The first kappa shape index (κ1) is 20.5. The lowest BCUT2D eigenvalue weighted by Gasteiger charge is -2.21. The Hall–Kier alpha value is -2.25. The number of rotatable bonds is 7. The molecule has 3 rings (SSSR count). The quantitative estimate of drug-likeness (QED) is 0.722. The van der Waals surface area contributed by atoms with Crippen molar-refractivity contribution in [3.63, 3.8) is 0 Å². The van der Waals surface area contributed by atoms with Crippen molar-refractivity contribution >= 4 is 17.7 Å². The van der Waals surface area contributed by atoms with Crippen LogP contribution in [0.15, 0.2) is 18.2 Å². The molecule has 152 valence electrons. The molecule has 1 aromatic rings. The van der Waals surface area contributed by atoms with E-state index in [0.29, 0.717) is 42.2 Å². The zero-order valence-electron chi connectivity index (χ0n) is 16.8. The van der Waals surface area contributed by atoms with E-state index >= 15 is 0 Å². The summed E-state index contributed by atoms with van der Waals surface area (Å²) in [6.45, 7) is 5.57. The van der Waals surface area contributed by atoms with E-state index in [1.54, 1.807) is 24.1 Å². The van der Waals surface area contributed by atoms with Crippen molar-refractivity contribution in [2.24, 2.45) is 11.7 Å². The molecule has 3 amide bonds. The van der Waals surface area contributed by atoms with Gasteiger partial charge in [-0.05, 0) is 43.4 Å². The highest BCUT2D eigenvalue weighted by molar-refractivity contribution is 6.22. The molecule has 7 nitrogen and oxygen atoms in total. The van der Waals surface area contributed by atoms with Gasteiger partial charge in [0.25, 0.3) is 17.7 Å². The number of nitrogens with zero attached hydrogens (tertiary/aromatic N) is 2. The summed E-state index contributed by atoms with van der Waals surface area (Å²) >= 11 is 0. The Bertz CT molecular complexity index is 771. The van der Waals surface area contributed by atoms with E-state index in [1.165, 1.54) is 11.0 Å². The molecular weight excluding hydrogens is 358 g/mol. The number of hydrogen-bond donors (Lipinski definition) is 1. The van der Waals surface area contributed by atoms with E-state index in [0.717, 1.165) is 12.8 Å². The lowest BCUT2D eigenvalue weighted by Crippen LogP contribution is -2.36. The van der Waals surface area contributed by atoms with Crippen LogP contribution in [0.25, 0.3) is 0 Å². The van der Waals surface area contributed by atoms with Crippen molar-refractivity contribution in [1.29, 1.82) is 0 Å². The third-order valence-electron chi connectivity index (χ3n) is 5.63. The first-order valence-corrected chi connectivity index (χ1v) is 9.92. The number of fused-ring (bicyclic) bond motifs is 1. The van der Waals surface area contributed by atoms with Gasteiger partial charge in [0.15, 0.2) is 0 Å². The van der Waals surface area contributed by atoms with Crippen molar-refractivity contribution in [1.82, 2.24) is 9.80 Å². The van der Waals surface area contributed by atoms with Crippen LogP contribution in [0.4, 0.5) is 0 Å². The van der Waals surface area contributed by atoms with Gasteiger partial charge in [-0.3, -0.25) is 19.3 Å². The Morgan fingerprint density at radius 1 is 1.29 bits per heavy atom. The molecule has 1 saturated heterocycles. The normalized spacial score (nSPS) is 20.0. The molecule has 0 saturated carbocycles. The number of carbonyl (C=O) groups is 3. The number of nitrogens with two attached hydrogens (primary N) is 1. The smallest absolute Gasteiger partial charge is 0.261 e. The van der Waals surface area contributed by atoms with E-state index in [2.05, 4.69) is 13.8 Å². The Morgan fingerprint density at radius 3 is 2.64 bits per heavy atom. The van der Waals surface area contributed by atoms with Crippen LogP contribution in [0.2, 0.25) is 0 Å². The Kier molecular flexibility index (Phi) is 6.15. The molecule has 0 bridgehead atoms. The zero-order valence-corrected chi connectivity index (χ0v) is 16.8. The van der Waals surface area contributed by atoms with Crippen molar-refractivity contribution in [3.05, 3.63) is 34.9 Å². The molecule has 2 aliphatic heterocycles. The highest BCUT2D eigenvalue weighted by atomic mass is 16.5. The molecule has 1 fully saturated rings. The van der Waals surface area contributed by atoms with Crippen LogP contribution in [0.5, 0.6) is 0 Å². The average Bonchev–Trinajstić information content (AvgIpc) is 3.28. The minimum atomic E-state index is -0.352. The fraction of sp³-hybridized carbons (Fsp3) is 0.571. The highest BCUT2D eigenvalue weighted by Crippen LogP contribution is 2.26. The van der Waals surface area contributed by atoms with Gasteiger partial charge in [-0.2, -0.15) is 0 Å². The second-order valence-corrected chi connectivity index (χ2v) is 8.04. The van der Waals surface area contributed by atoms with Crippen molar-refractivity contribution < 1.29 is 19.1 Å². The van der Waals surface area contributed by atoms with E-state index in [9.17, 15) is 14.4 Å². The van der Waals surface area contributed by atoms with Gasteiger partial charge < -0.3 is 15.4 Å². The summed E-state index contributed by atoms with van der Waals surface area (Å²) in [5, 5.41) is 0. The molecular formula is C21H29N3O4. The standard InChI is InChI=1S/C21H29N3O4/c1-13(2)18(22)8-9-23(3)19(25)14-6-7-16-17(11-14)21(27)24(20(16)26)12-15-5-4-10-28-15/h6-7,11,13,15,18H,4-5,8-10,12,22H2,1-3H3. The molecule has 28 heavy (non-hydrogen) atoms. The van der Waals surface area contributed by atoms with Gasteiger partial charge in [0.2, 0.25) is 0 Å².